The Morgan fingerprint density at radius 1 is 1.43 bits per heavy atom. The Bertz CT molecular complexity index is 248. The summed E-state index contributed by atoms with van der Waals surface area (Å²) in [5, 5.41) is 0. The van der Waals surface area contributed by atoms with Gasteiger partial charge in [-0.15, -0.1) is 0 Å². The molecule has 14 heavy (non-hydrogen) atoms. The van der Waals surface area contributed by atoms with E-state index in [0.717, 1.165) is 12.3 Å². The summed E-state index contributed by atoms with van der Waals surface area (Å²) in [6, 6.07) is 0. The number of hydrogen-bond acceptors (Lipinski definition) is 2. The largest absolute Gasteiger partial charge is 0.459 e. The Balaban J connectivity index is 1.84. The highest BCUT2D eigenvalue weighted by molar-refractivity contribution is 5.87. The van der Waals surface area contributed by atoms with Crippen LogP contribution in [-0.2, 0) is 9.53 Å². The van der Waals surface area contributed by atoms with Gasteiger partial charge < -0.3 is 4.74 Å². The van der Waals surface area contributed by atoms with Crippen molar-refractivity contribution in [1.29, 1.82) is 0 Å². The molecule has 2 bridgehead atoms. The van der Waals surface area contributed by atoms with Crippen molar-refractivity contribution >= 4 is 5.97 Å². The van der Waals surface area contributed by atoms with E-state index in [1.54, 1.807) is 0 Å². The third kappa shape index (κ3) is 1.70. The number of rotatable bonds is 3. The summed E-state index contributed by atoms with van der Waals surface area (Å²) >= 11 is 0. The van der Waals surface area contributed by atoms with Gasteiger partial charge in [-0.3, -0.25) is 0 Å². The molecule has 0 radical (unpaired) electrons. The molecule has 1 unspecified atom stereocenters. The number of ether oxygens (including phenoxy) is 1. The van der Waals surface area contributed by atoms with Crippen LogP contribution in [0.2, 0.25) is 0 Å². The maximum Gasteiger partial charge on any atom is 0.333 e. The Morgan fingerprint density at radius 3 is 2.64 bits per heavy atom. The molecule has 3 saturated carbocycles. The molecule has 0 aromatic rings. The minimum absolute atomic E-state index is 0.178. The first-order valence-corrected chi connectivity index (χ1v) is 5.59. The molecule has 0 amide bonds. The first kappa shape index (κ1) is 9.75. The molecule has 3 aliphatic carbocycles. The van der Waals surface area contributed by atoms with Gasteiger partial charge in [0, 0.05) is 5.57 Å². The lowest BCUT2D eigenvalue weighted by Gasteiger charge is -2.45. The van der Waals surface area contributed by atoms with E-state index in [1.807, 2.05) is 6.92 Å². The number of carbonyl (C=O) groups excluding carboxylic acids is 1. The SMILES string of the molecule is C=C(CC)C(=O)OC1CCC2CC1C2. The van der Waals surface area contributed by atoms with Crippen LogP contribution in [0.3, 0.4) is 0 Å². The fourth-order valence-electron chi connectivity index (χ4n) is 2.48. The van der Waals surface area contributed by atoms with Crippen molar-refractivity contribution in [2.45, 2.75) is 45.1 Å². The Kier molecular flexibility index (Phi) is 2.62. The van der Waals surface area contributed by atoms with Gasteiger partial charge in [0.05, 0.1) is 0 Å². The van der Waals surface area contributed by atoms with Gasteiger partial charge in [0.2, 0.25) is 0 Å². The smallest absolute Gasteiger partial charge is 0.333 e. The van der Waals surface area contributed by atoms with Gasteiger partial charge in [-0.2, -0.15) is 0 Å². The Hall–Kier alpha value is -0.790. The topological polar surface area (TPSA) is 26.3 Å². The van der Waals surface area contributed by atoms with Gasteiger partial charge in [-0.05, 0) is 43.9 Å². The second-order valence-corrected chi connectivity index (χ2v) is 4.58. The van der Waals surface area contributed by atoms with E-state index >= 15 is 0 Å². The van der Waals surface area contributed by atoms with Crippen LogP contribution >= 0.6 is 0 Å². The second-order valence-electron chi connectivity index (χ2n) is 4.58. The summed E-state index contributed by atoms with van der Waals surface area (Å²) in [5.41, 5.74) is 0.603. The lowest BCUT2D eigenvalue weighted by Crippen LogP contribution is -2.42. The molecule has 2 heteroatoms. The van der Waals surface area contributed by atoms with E-state index in [4.69, 9.17) is 4.74 Å². The molecule has 0 aromatic heterocycles. The molecule has 0 aromatic carbocycles. The average molecular weight is 194 g/mol. The second kappa shape index (κ2) is 3.76. The zero-order valence-corrected chi connectivity index (χ0v) is 8.79. The summed E-state index contributed by atoms with van der Waals surface area (Å²) in [4.78, 5) is 11.5. The molecule has 3 fully saturated rings. The standard InChI is InChI=1S/C12H18O2/c1-3-8(2)12(13)14-11-5-4-9-6-10(11)7-9/h9-11H,2-7H2,1H3. The Labute approximate surface area is 85.3 Å². The van der Waals surface area contributed by atoms with E-state index < -0.39 is 0 Å². The summed E-state index contributed by atoms with van der Waals surface area (Å²) in [7, 11) is 0. The third-order valence-electron chi connectivity index (χ3n) is 3.63. The van der Waals surface area contributed by atoms with Gasteiger partial charge in [-0.1, -0.05) is 13.5 Å². The fourth-order valence-corrected chi connectivity index (χ4v) is 2.48. The zero-order valence-electron chi connectivity index (χ0n) is 8.79. The monoisotopic (exact) mass is 194 g/mol. The quantitative estimate of drug-likeness (QED) is 0.510. The highest BCUT2D eigenvalue weighted by atomic mass is 16.5. The van der Waals surface area contributed by atoms with Crippen molar-refractivity contribution in [2.75, 3.05) is 0 Å². The minimum Gasteiger partial charge on any atom is -0.459 e. The van der Waals surface area contributed by atoms with Crippen LogP contribution in [0.15, 0.2) is 12.2 Å². The molecule has 3 rings (SSSR count). The predicted molar refractivity (Wildman–Crippen MR) is 54.8 cm³/mol. The van der Waals surface area contributed by atoms with Crippen LogP contribution in [-0.4, -0.2) is 12.1 Å². The summed E-state index contributed by atoms with van der Waals surface area (Å²) < 4.78 is 5.46. The van der Waals surface area contributed by atoms with Crippen molar-refractivity contribution in [1.82, 2.24) is 0 Å². The third-order valence-corrected chi connectivity index (χ3v) is 3.63. The molecule has 3 aliphatic rings. The van der Waals surface area contributed by atoms with Gasteiger partial charge in [-0.25, -0.2) is 4.79 Å². The molecule has 0 heterocycles. The van der Waals surface area contributed by atoms with Crippen LogP contribution < -0.4 is 0 Å². The van der Waals surface area contributed by atoms with Crippen LogP contribution in [0.25, 0.3) is 0 Å². The molecule has 0 aliphatic heterocycles. The molecule has 2 nitrogen and oxygen atoms in total. The van der Waals surface area contributed by atoms with Crippen molar-refractivity contribution in [3.63, 3.8) is 0 Å². The molecule has 0 N–H and O–H groups in total. The molecule has 0 saturated heterocycles. The minimum atomic E-state index is -0.178. The number of fused-ring (bicyclic) bond motifs is 2. The highest BCUT2D eigenvalue weighted by Crippen LogP contribution is 2.46. The van der Waals surface area contributed by atoms with Crippen LogP contribution in [0, 0.1) is 11.8 Å². The van der Waals surface area contributed by atoms with Gasteiger partial charge >= 0.3 is 5.97 Å². The van der Waals surface area contributed by atoms with Crippen LogP contribution in [0.5, 0.6) is 0 Å². The normalized spacial score (nSPS) is 34.5. The average Bonchev–Trinajstić information content (AvgIpc) is 2.15. The maximum atomic E-state index is 11.5. The highest BCUT2D eigenvalue weighted by Gasteiger charge is 2.41. The predicted octanol–water partition coefficient (Wildman–Crippen LogP) is 2.68. The summed E-state index contributed by atoms with van der Waals surface area (Å²) in [5.74, 6) is 1.41. The van der Waals surface area contributed by atoms with Crippen LogP contribution in [0.1, 0.15) is 39.0 Å². The number of carbonyl (C=O) groups is 1. The summed E-state index contributed by atoms with van der Waals surface area (Å²) in [6.07, 6.45) is 5.74. The lowest BCUT2D eigenvalue weighted by atomic mass is 9.64. The van der Waals surface area contributed by atoms with Crippen LogP contribution in [0.4, 0.5) is 0 Å². The van der Waals surface area contributed by atoms with Crippen molar-refractivity contribution in [2.24, 2.45) is 11.8 Å². The van der Waals surface area contributed by atoms with E-state index in [-0.39, 0.29) is 12.1 Å². The first-order valence-electron chi connectivity index (χ1n) is 5.59. The van der Waals surface area contributed by atoms with Crippen molar-refractivity contribution < 1.29 is 9.53 Å². The molecular weight excluding hydrogens is 176 g/mol. The van der Waals surface area contributed by atoms with Crippen molar-refractivity contribution in [3.05, 3.63) is 12.2 Å². The zero-order chi connectivity index (χ0) is 10.1. The summed E-state index contributed by atoms with van der Waals surface area (Å²) in [6.45, 7) is 5.64. The fraction of sp³-hybridized carbons (Fsp3) is 0.750. The van der Waals surface area contributed by atoms with Gasteiger partial charge in [0.25, 0.3) is 0 Å². The number of esters is 1. The maximum absolute atomic E-state index is 11.5. The van der Waals surface area contributed by atoms with E-state index in [1.165, 1.54) is 19.3 Å². The van der Waals surface area contributed by atoms with E-state index in [2.05, 4.69) is 6.58 Å². The molecule has 0 spiro atoms. The Morgan fingerprint density at radius 2 is 2.14 bits per heavy atom. The van der Waals surface area contributed by atoms with Gasteiger partial charge in [0.15, 0.2) is 0 Å². The lowest BCUT2D eigenvalue weighted by molar-refractivity contribution is -0.155. The van der Waals surface area contributed by atoms with Crippen molar-refractivity contribution in [3.8, 4) is 0 Å². The number of hydrogen-bond donors (Lipinski definition) is 0. The molecular formula is C12H18O2. The van der Waals surface area contributed by atoms with E-state index in [9.17, 15) is 4.79 Å². The first-order chi connectivity index (χ1) is 6.70. The van der Waals surface area contributed by atoms with E-state index in [0.29, 0.717) is 17.9 Å². The molecule has 1 atom stereocenters. The van der Waals surface area contributed by atoms with Gasteiger partial charge in [0.1, 0.15) is 6.10 Å². The molecule has 78 valence electrons.